The average Bonchev–Trinajstić information content (AvgIpc) is 3.30. The van der Waals surface area contributed by atoms with Crippen molar-refractivity contribution in [3.05, 3.63) is 72.9 Å². The van der Waals surface area contributed by atoms with Crippen LogP contribution < -0.4 is 0 Å². The fraction of sp³-hybridized carbons (Fsp3) is 0.746. The van der Waals surface area contributed by atoms with Gasteiger partial charge in [-0.2, -0.15) is 0 Å². The highest BCUT2D eigenvalue weighted by Crippen LogP contribution is 2.14. The molecule has 65 heavy (non-hydrogen) atoms. The molecule has 0 radical (unpaired) electrons. The van der Waals surface area contributed by atoms with Crippen molar-refractivity contribution in [2.75, 3.05) is 13.2 Å². The van der Waals surface area contributed by atoms with Gasteiger partial charge >= 0.3 is 17.9 Å². The fourth-order valence-corrected chi connectivity index (χ4v) is 7.49. The maximum absolute atomic E-state index is 12.8. The molecule has 6 heteroatoms. The normalized spacial score (nSPS) is 12.6. The smallest absolute Gasteiger partial charge is 0.306 e. The number of carbonyl (C=O) groups excluding carboxylic acids is 3. The SMILES string of the molecule is CCCC/C=C\C=C/CCCCCC(=O)OCC(COC(=O)CCCCCCCCC/C=C\CCCCCCCCCC)OC(=O)CCC/C=C\C/C=C\C/C=C\CCCCCCCC. The molecule has 0 aliphatic carbocycles. The molecule has 0 aromatic carbocycles. The molecule has 1 atom stereocenters. The maximum Gasteiger partial charge on any atom is 0.306 e. The molecular weight excluding hydrogens is 805 g/mol. The summed E-state index contributed by atoms with van der Waals surface area (Å²) < 4.78 is 16.7. The van der Waals surface area contributed by atoms with Crippen molar-refractivity contribution in [1.82, 2.24) is 0 Å². The number of esters is 3. The molecule has 0 N–H and O–H groups in total. The quantitative estimate of drug-likeness (QED) is 0.0199. The molecule has 374 valence electrons. The van der Waals surface area contributed by atoms with Crippen molar-refractivity contribution in [1.29, 1.82) is 0 Å². The van der Waals surface area contributed by atoms with E-state index in [1.807, 2.05) is 0 Å². The van der Waals surface area contributed by atoms with Crippen molar-refractivity contribution < 1.29 is 28.6 Å². The molecule has 0 rings (SSSR count). The molecule has 0 aromatic heterocycles. The van der Waals surface area contributed by atoms with E-state index in [1.165, 1.54) is 148 Å². The van der Waals surface area contributed by atoms with Crippen LogP contribution in [0.5, 0.6) is 0 Å². The second kappa shape index (κ2) is 53.5. The third-order valence-corrected chi connectivity index (χ3v) is 11.7. The zero-order valence-electron chi connectivity index (χ0n) is 42.7. The first-order valence-corrected chi connectivity index (χ1v) is 27.5. The van der Waals surface area contributed by atoms with Crippen LogP contribution in [0.3, 0.4) is 0 Å². The molecule has 0 spiro atoms. The van der Waals surface area contributed by atoms with Gasteiger partial charge in [-0.3, -0.25) is 14.4 Å². The number of unbranched alkanes of at least 4 members (excludes halogenated alkanes) is 27. The van der Waals surface area contributed by atoms with E-state index in [0.29, 0.717) is 19.3 Å². The third-order valence-electron chi connectivity index (χ3n) is 11.7. The summed E-state index contributed by atoms with van der Waals surface area (Å²) in [7, 11) is 0. The molecule has 0 saturated heterocycles. The zero-order chi connectivity index (χ0) is 47.2. The molecule has 0 aromatic rings. The fourth-order valence-electron chi connectivity index (χ4n) is 7.49. The predicted octanol–water partition coefficient (Wildman–Crippen LogP) is 18.2. The Morgan fingerprint density at radius 1 is 0.323 bits per heavy atom. The van der Waals surface area contributed by atoms with Gasteiger partial charge in [0.05, 0.1) is 0 Å². The van der Waals surface area contributed by atoms with Crippen molar-refractivity contribution in [3.63, 3.8) is 0 Å². The number of hydrogen-bond donors (Lipinski definition) is 0. The number of rotatable bonds is 49. The van der Waals surface area contributed by atoms with E-state index >= 15 is 0 Å². The van der Waals surface area contributed by atoms with Crippen LogP contribution in [-0.4, -0.2) is 37.2 Å². The number of hydrogen-bond acceptors (Lipinski definition) is 6. The van der Waals surface area contributed by atoms with Gasteiger partial charge in [0, 0.05) is 19.3 Å². The van der Waals surface area contributed by atoms with Crippen molar-refractivity contribution >= 4 is 17.9 Å². The zero-order valence-corrected chi connectivity index (χ0v) is 42.7. The first kappa shape index (κ1) is 61.9. The van der Waals surface area contributed by atoms with E-state index in [9.17, 15) is 14.4 Å². The van der Waals surface area contributed by atoms with Crippen LogP contribution in [0.25, 0.3) is 0 Å². The minimum absolute atomic E-state index is 0.106. The third kappa shape index (κ3) is 51.7. The molecule has 1 unspecified atom stereocenters. The molecule has 0 heterocycles. The van der Waals surface area contributed by atoms with E-state index in [-0.39, 0.29) is 37.5 Å². The Kier molecular flexibility index (Phi) is 50.9. The first-order valence-electron chi connectivity index (χ1n) is 27.5. The Morgan fingerprint density at radius 2 is 0.631 bits per heavy atom. The highest BCUT2D eigenvalue weighted by Gasteiger charge is 2.19. The van der Waals surface area contributed by atoms with Crippen molar-refractivity contribution in [2.45, 2.75) is 271 Å². The second-order valence-corrected chi connectivity index (χ2v) is 18.2. The summed E-state index contributed by atoms with van der Waals surface area (Å²) in [5.41, 5.74) is 0. The van der Waals surface area contributed by atoms with Gasteiger partial charge in [0.2, 0.25) is 0 Å². The molecule has 0 amide bonds. The lowest BCUT2D eigenvalue weighted by atomic mass is 10.1. The molecule has 0 aliphatic heterocycles. The van der Waals surface area contributed by atoms with Gasteiger partial charge in [0.15, 0.2) is 6.10 Å². The number of ether oxygens (including phenoxy) is 3. The maximum atomic E-state index is 12.8. The lowest BCUT2D eigenvalue weighted by molar-refractivity contribution is -0.167. The minimum Gasteiger partial charge on any atom is -0.462 e. The summed E-state index contributed by atoms with van der Waals surface area (Å²) in [6, 6.07) is 0. The highest BCUT2D eigenvalue weighted by atomic mass is 16.6. The van der Waals surface area contributed by atoms with E-state index < -0.39 is 6.10 Å². The van der Waals surface area contributed by atoms with E-state index in [0.717, 1.165) is 70.6 Å². The Balaban J connectivity index is 4.43. The Hall–Kier alpha value is -3.15. The van der Waals surface area contributed by atoms with Gasteiger partial charge in [0.1, 0.15) is 13.2 Å². The van der Waals surface area contributed by atoms with Crippen molar-refractivity contribution in [3.8, 4) is 0 Å². The average molecular weight is 907 g/mol. The monoisotopic (exact) mass is 907 g/mol. The summed E-state index contributed by atoms with van der Waals surface area (Å²) in [5.74, 6) is -0.989. The van der Waals surface area contributed by atoms with Crippen LogP contribution >= 0.6 is 0 Å². The number of carbonyl (C=O) groups is 3. The molecule has 0 fully saturated rings. The standard InChI is InChI=1S/C59H102O6/c1-4-7-10-13-16-19-22-24-26-28-29-31-32-34-37-40-43-46-49-52-58(61)64-55-56(54-63-57(60)51-48-45-42-39-36-21-18-15-12-9-6-3)65-59(62)53-50-47-44-41-38-35-33-30-27-25-23-20-17-14-11-8-5-2/h15,18,21,25,27-29,33,35-36,41,44,56H,4-14,16-17,19-20,22-24,26,30-32,34,37-40,42-43,45-55H2,1-3H3/b18-15-,27-25-,29-28-,35-33-,36-21-,44-41-. The molecule has 0 bridgehead atoms. The van der Waals surface area contributed by atoms with Gasteiger partial charge in [-0.1, -0.05) is 222 Å². The van der Waals surface area contributed by atoms with Crippen LogP contribution in [0.1, 0.15) is 265 Å². The topological polar surface area (TPSA) is 78.9 Å². The van der Waals surface area contributed by atoms with Crippen LogP contribution in [-0.2, 0) is 28.6 Å². The summed E-state index contributed by atoms with van der Waals surface area (Å²) in [4.78, 5) is 38.0. The molecule has 0 aliphatic rings. The van der Waals surface area contributed by atoms with Gasteiger partial charge in [-0.15, -0.1) is 0 Å². The van der Waals surface area contributed by atoms with Gasteiger partial charge in [-0.25, -0.2) is 0 Å². The molecule has 6 nitrogen and oxygen atoms in total. The molecule has 0 saturated carbocycles. The van der Waals surface area contributed by atoms with Crippen LogP contribution in [0.15, 0.2) is 72.9 Å². The van der Waals surface area contributed by atoms with Crippen LogP contribution in [0, 0.1) is 0 Å². The van der Waals surface area contributed by atoms with Crippen LogP contribution in [0.4, 0.5) is 0 Å². The van der Waals surface area contributed by atoms with E-state index in [4.69, 9.17) is 14.2 Å². The summed E-state index contributed by atoms with van der Waals surface area (Å²) in [6.07, 6.45) is 67.6. The van der Waals surface area contributed by atoms with E-state index in [1.54, 1.807) is 0 Å². The predicted molar refractivity (Wildman–Crippen MR) is 279 cm³/mol. The summed E-state index contributed by atoms with van der Waals surface area (Å²) >= 11 is 0. The highest BCUT2D eigenvalue weighted by molar-refractivity contribution is 5.71. The summed E-state index contributed by atoms with van der Waals surface area (Å²) in [6.45, 7) is 6.52. The second-order valence-electron chi connectivity index (χ2n) is 18.2. The van der Waals surface area contributed by atoms with Gasteiger partial charge in [-0.05, 0) is 96.3 Å². The van der Waals surface area contributed by atoms with Crippen LogP contribution in [0.2, 0.25) is 0 Å². The number of allylic oxidation sites excluding steroid dienone is 12. The lowest BCUT2D eigenvalue weighted by Crippen LogP contribution is -2.30. The first-order chi connectivity index (χ1) is 32.0. The Bertz CT molecular complexity index is 1230. The Labute approximate surface area is 402 Å². The summed E-state index contributed by atoms with van der Waals surface area (Å²) in [5, 5.41) is 0. The van der Waals surface area contributed by atoms with Gasteiger partial charge in [0.25, 0.3) is 0 Å². The minimum atomic E-state index is -0.814. The van der Waals surface area contributed by atoms with Gasteiger partial charge < -0.3 is 14.2 Å². The lowest BCUT2D eigenvalue weighted by Gasteiger charge is -2.18. The Morgan fingerprint density at radius 3 is 1.08 bits per heavy atom. The largest absolute Gasteiger partial charge is 0.462 e. The van der Waals surface area contributed by atoms with Crippen molar-refractivity contribution in [2.24, 2.45) is 0 Å². The van der Waals surface area contributed by atoms with E-state index in [2.05, 4.69) is 93.7 Å². The molecular formula is C59H102O6.